The molecule has 0 aliphatic carbocycles. The van der Waals surface area contributed by atoms with Crippen molar-refractivity contribution in [2.45, 2.75) is 31.2 Å². The molecule has 1 atom stereocenters. The van der Waals surface area contributed by atoms with Gasteiger partial charge >= 0.3 is 0 Å². The van der Waals surface area contributed by atoms with E-state index in [1.165, 1.54) is 11.3 Å². The van der Waals surface area contributed by atoms with Crippen LogP contribution in [0.5, 0.6) is 0 Å². The zero-order chi connectivity index (χ0) is 17.4. The molecule has 4 rings (SSSR count). The van der Waals surface area contributed by atoms with Gasteiger partial charge in [0.1, 0.15) is 5.69 Å². The van der Waals surface area contributed by atoms with Crippen LogP contribution < -0.4 is 0 Å². The van der Waals surface area contributed by atoms with E-state index in [0.29, 0.717) is 25.2 Å². The summed E-state index contributed by atoms with van der Waals surface area (Å²) in [5, 5.41) is 0. The van der Waals surface area contributed by atoms with Crippen LogP contribution in [0.3, 0.4) is 0 Å². The molecule has 2 amide bonds. The highest BCUT2D eigenvalue weighted by Gasteiger charge is 2.49. The summed E-state index contributed by atoms with van der Waals surface area (Å²) in [6.45, 7) is 2.08. The number of hydrogen-bond donors (Lipinski definition) is 0. The second kappa shape index (κ2) is 6.25. The Bertz CT molecular complexity index is 787. The molecule has 0 N–H and O–H groups in total. The number of aromatic nitrogens is 3. The van der Waals surface area contributed by atoms with Gasteiger partial charge < -0.3 is 14.4 Å². The van der Waals surface area contributed by atoms with E-state index < -0.39 is 0 Å². The number of nitrogens with zero attached hydrogens (tertiary/aromatic N) is 5. The summed E-state index contributed by atoms with van der Waals surface area (Å²) in [5.74, 6) is 0.105. The van der Waals surface area contributed by atoms with Crippen LogP contribution in [0.4, 0.5) is 0 Å². The highest BCUT2D eigenvalue weighted by molar-refractivity contribution is 7.09. The van der Waals surface area contributed by atoms with Gasteiger partial charge in [-0.15, -0.1) is 11.3 Å². The summed E-state index contributed by atoms with van der Waals surface area (Å²) in [7, 11) is 1.86. The van der Waals surface area contributed by atoms with Crippen LogP contribution in [-0.4, -0.2) is 61.3 Å². The molecular formula is C17H21N5O2S. The lowest BCUT2D eigenvalue weighted by Crippen LogP contribution is -2.49. The number of amides is 2. The van der Waals surface area contributed by atoms with Gasteiger partial charge in [-0.3, -0.25) is 14.6 Å². The Kier molecular flexibility index (Phi) is 4.07. The van der Waals surface area contributed by atoms with Crippen LogP contribution in [0.1, 0.15) is 34.6 Å². The summed E-state index contributed by atoms with van der Waals surface area (Å²) >= 11 is 1.51. The second-order valence-corrected chi connectivity index (χ2v) is 7.89. The predicted octanol–water partition coefficient (Wildman–Crippen LogP) is 1.33. The molecule has 0 saturated carbocycles. The van der Waals surface area contributed by atoms with E-state index in [0.717, 1.165) is 30.7 Å². The first-order chi connectivity index (χ1) is 12.1. The summed E-state index contributed by atoms with van der Waals surface area (Å²) in [6.07, 6.45) is 8.34. The molecule has 4 heterocycles. The van der Waals surface area contributed by atoms with Gasteiger partial charge in [0.25, 0.3) is 5.91 Å². The maximum atomic E-state index is 12.9. The van der Waals surface area contributed by atoms with Crippen molar-refractivity contribution in [3.63, 3.8) is 0 Å². The average Bonchev–Trinajstić information content (AvgIpc) is 3.36. The maximum Gasteiger partial charge on any atom is 0.274 e. The highest BCUT2D eigenvalue weighted by Crippen LogP contribution is 2.38. The predicted molar refractivity (Wildman–Crippen MR) is 93.2 cm³/mol. The summed E-state index contributed by atoms with van der Waals surface area (Å²) in [4.78, 5) is 38.6. The Morgan fingerprint density at radius 1 is 1.32 bits per heavy atom. The van der Waals surface area contributed by atoms with Crippen LogP contribution in [0.25, 0.3) is 0 Å². The normalized spacial score (nSPS) is 22.9. The number of aryl methyl sites for hydroxylation is 1. The number of hydrogen-bond acceptors (Lipinski definition) is 5. The number of imidazole rings is 1. The molecule has 2 aliphatic heterocycles. The van der Waals surface area contributed by atoms with Crippen LogP contribution >= 0.6 is 11.3 Å². The SMILES string of the molecule is Cn1cnc(C(=O)N2CCCC23CCN(C(=O)Cc2cncs2)C3)c1. The van der Waals surface area contributed by atoms with E-state index >= 15 is 0 Å². The van der Waals surface area contributed by atoms with Crippen molar-refractivity contribution in [3.8, 4) is 0 Å². The Hall–Kier alpha value is -2.22. The van der Waals surface area contributed by atoms with Gasteiger partial charge in [0.05, 0.1) is 23.8 Å². The van der Waals surface area contributed by atoms with Crippen LogP contribution in [0.2, 0.25) is 0 Å². The van der Waals surface area contributed by atoms with Crippen molar-refractivity contribution >= 4 is 23.2 Å². The van der Waals surface area contributed by atoms with Gasteiger partial charge in [-0.1, -0.05) is 0 Å². The Morgan fingerprint density at radius 2 is 2.20 bits per heavy atom. The van der Waals surface area contributed by atoms with Gasteiger partial charge in [-0.05, 0) is 19.3 Å². The fraction of sp³-hybridized carbons (Fsp3) is 0.529. The quantitative estimate of drug-likeness (QED) is 0.829. The molecule has 1 spiro atoms. The summed E-state index contributed by atoms with van der Waals surface area (Å²) < 4.78 is 1.79. The molecule has 25 heavy (non-hydrogen) atoms. The molecule has 0 aromatic carbocycles. The van der Waals surface area contributed by atoms with Crippen LogP contribution in [0, 0.1) is 0 Å². The van der Waals surface area contributed by atoms with E-state index in [9.17, 15) is 9.59 Å². The molecule has 8 heteroatoms. The molecule has 2 aromatic rings. The minimum Gasteiger partial charge on any atom is -0.340 e. The first kappa shape index (κ1) is 16.3. The number of rotatable bonds is 3. The second-order valence-electron chi connectivity index (χ2n) is 6.92. The van der Waals surface area contributed by atoms with E-state index in [4.69, 9.17) is 0 Å². The van der Waals surface area contributed by atoms with Crippen molar-refractivity contribution in [3.05, 3.63) is 34.8 Å². The standard InChI is InChI=1S/C17H21N5O2S/c1-20-9-14(19-11-20)16(24)22-5-2-3-17(22)4-6-21(10-17)15(23)7-13-8-18-12-25-13/h8-9,11-12H,2-7,10H2,1H3. The smallest absolute Gasteiger partial charge is 0.274 e. The number of thiazole rings is 1. The molecule has 2 aliphatic rings. The zero-order valence-electron chi connectivity index (χ0n) is 14.2. The lowest BCUT2D eigenvalue weighted by molar-refractivity contribution is -0.129. The highest BCUT2D eigenvalue weighted by atomic mass is 32.1. The third kappa shape index (κ3) is 2.95. The van der Waals surface area contributed by atoms with Crippen molar-refractivity contribution in [1.29, 1.82) is 0 Å². The Balaban J connectivity index is 1.48. The van der Waals surface area contributed by atoms with Gasteiger partial charge in [-0.25, -0.2) is 4.98 Å². The minimum atomic E-state index is -0.224. The number of carbonyl (C=O) groups excluding carboxylic acids is 2. The van der Waals surface area contributed by atoms with Gasteiger partial charge in [0, 0.05) is 44.0 Å². The molecular weight excluding hydrogens is 338 g/mol. The largest absolute Gasteiger partial charge is 0.340 e. The summed E-state index contributed by atoms with van der Waals surface area (Å²) in [6, 6.07) is 0. The zero-order valence-corrected chi connectivity index (χ0v) is 15.0. The lowest BCUT2D eigenvalue weighted by atomic mass is 9.95. The number of carbonyl (C=O) groups is 2. The monoisotopic (exact) mass is 359 g/mol. The van der Waals surface area contributed by atoms with E-state index in [1.807, 2.05) is 16.8 Å². The fourth-order valence-corrected chi connectivity index (χ4v) is 4.59. The van der Waals surface area contributed by atoms with Crippen LogP contribution in [-0.2, 0) is 18.3 Å². The molecule has 2 saturated heterocycles. The summed E-state index contributed by atoms with van der Waals surface area (Å²) in [5.41, 5.74) is 2.01. The molecule has 0 radical (unpaired) electrons. The molecule has 2 aromatic heterocycles. The van der Waals surface area contributed by atoms with E-state index in [-0.39, 0.29) is 17.4 Å². The van der Waals surface area contributed by atoms with Crippen molar-refractivity contribution < 1.29 is 9.59 Å². The Labute approximate surface area is 150 Å². The minimum absolute atomic E-state index is 0.0187. The molecule has 2 fully saturated rings. The molecule has 132 valence electrons. The van der Waals surface area contributed by atoms with Crippen molar-refractivity contribution in [2.24, 2.45) is 7.05 Å². The molecule has 7 nitrogen and oxygen atoms in total. The van der Waals surface area contributed by atoms with Gasteiger partial charge in [0.2, 0.25) is 5.91 Å². The van der Waals surface area contributed by atoms with Crippen molar-refractivity contribution in [1.82, 2.24) is 24.3 Å². The van der Waals surface area contributed by atoms with Crippen LogP contribution in [0.15, 0.2) is 24.2 Å². The van der Waals surface area contributed by atoms with Crippen molar-refractivity contribution in [2.75, 3.05) is 19.6 Å². The third-order valence-electron chi connectivity index (χ3n) is 5.26. The van der Waals surface area contributed by atoms with E-state index in [1.54, 1.807) is 28.8 Å². The average molecular weight is 359 g/mol. The number of likely N-dealkylation sites (tertiary alicyclic amines) is 2. The topological polar surface area (TPSA) is 71.3 Å². The van der Waals surface area contributed by atoms with Gasteiger partial charge in [0.15, 0.2) is 0 Å². The van der Waals surface area contributed by atoms with E-state index in [2.05, 4.69) is 9.97 Å². The third-order valence-corrected chi connectivity index (χ3v) is 6.04. The Morgan fingerprint density at radius 3 is 2.92 bits per heavy atom. The maximum absolute atomic E-state index is 12.9. The lowest BCUT2D eigenvalue weighted by Gasteiger charge is -2.34. The van der Waals surface area contributed by atoms with Gasteiger partial charge in [-0.2, -0.15) is 0 Å². The fourth-order valence-electron chi connectivity index (χ4n) is 4.00. The first-order valence-electron chi connectivity index (χ1n) is 8.52. The first-order valence-corrected chi connectivity index (χ1v) is 9.40. The molecule has 0 bridgehead atoms. The molecule has 1 unspecified atom stereocenters.